The summed E-state index contributed by atoms with van der Waals surface area (Å²) in [5, 5.41) is 12.6. The number of benzene rings is 2. The van der Waals surface area contributed by atoms with E-state index in [1.54, 1.807) is 18.2 Å². The smallest absolute Gasteiger partial charge is 0.337 e. The van der Waals surface area contributed by atoms with E-state index in [0.717, 1.165) is 0 Å². The fourth-order valence-electron chi connectivity index (χ4n) is 2.81. The number of carboxylic acid groups (broad SMARTS) is 1. The molecule has 1 amide bonds. The Bertz CT molecular complexity index is 895. The molecule has 2 aromatic rings. The molecule has 1 aliphatic rings. The van der Waals surface area contributed by atoms with Crippen LogP contribution in [0.3, 0.4) is 0 Å². The number of hydrogen-bond donors (Lipinski definition) is 2. The van der Waals surface area contributed by atoms with Gasteiger partial charge in [0.15, 0.2) is 0 Å². The van der Waals surface area contributed by atoms with E-state index in [1.165, 1.54) is 18.2 Å². The maximum atomic E-state index is 12.6. The van der Waals surface area contributed by atoms with Crippen molar-refractivity contribution in [1.29, 1.82) is 0 Å². The third kappa shape index (κ3) is 3.75. The first kappa shape index (κ1) is 19.6. The molecule has 1 aliphatic carbocycles. The van der Waals surface area contributed by atoms with E-state index in [1.807, 2.05) is 0 Å². The summed E-state index contributed by atoms with van der Waals surface area (Å²) in [4.78, 5) is 23.7. The molecule has 0 aromatic heterocycles. The molecule has 1 fully saturated rings. The monoisotopic (exact) mass is 451 g/mol. The fourth-order valence-corrected chi connectivity index (χ4v) is 4.38. The summed E-state index contributed by atoms with van der Waals surface area (Å²) < 4.78 is -1.32. The van der Waals surface area contributed by atoms with Crippen LogP contribution in [0.4, 0.5) is 5.69 Å². The molecule has 0 aliphatic heterocycles. The molecule has 0 spiro atoms. The van der Waals surface area contributed by atoms with Gasteiger partial charge in [0.05, 0.1) is 16.5 Å². The van der Waals surface area contributed by atoms with Crippen LogP contribution in [0.5, 0.6) is 0 Å². The van der Waals surface area contributed by atoms with E-state index in [4.69, 9.17) is 63.1 Å². The predicted molar refractivity (Wildman–Crippen MR) is 104 cm³/mol. The first-order valence-electron chi connectivity index (χ1n) is 7.28. The van der Waals surface area contributed by atoms with E-state index < -0.39 is 28.0 Å². The molecule has 2 N–H and O–H groups in total. The highest BCUT2D eigenvalue weighted by Gasteiger charge is 2.67. The van der Waals surface area contributed by atoms with Crippen molar-refractivity contribution >= 4 is 75.6 Å². The number of carbonyl (C=O) groups excluding carboxylic acids is 1. The second-order valence-electron chi connectivity index (χ2n) is 5.82. The lowest BCUT2D eigenvalue weighted by atomic mass is 10.1. The van der Waals surface area contributed by atoms with Crippen LogP contribution in [0, 0.1) is 5.92 Å². The van der Waals surface area contributed by atoms with Crippen molar-refractivity contribution < 1.29 is 14.7 Å². The van der Waals surface area contributed by atoms with Crippen LogP contribution in [0.1, 0.15) is 21.8 Å². The lowest BCUT2D eigenvalue weighted by Crippen LogP contribution is -2.17. The zero-order chi connectivity index (χ0) is 19.2. The minimum Gasteiger partial charge on any atom is -0.478 e. The first-order valence-corrected chi connectivity index (χ1v) is 9.17. The van der Waals surface area contributed by atoms with Crippen LogP contribution in [0.2, 0.25) is 15.1 Å². The molecule has 0 saturated heterocycles. The van der Waals surface area contributed by atoms with E-state index in [2.05, 4.69) is 5.32 Å². The zero-order valence-corrected chi connectivity index (χ0v) is 16.6. The first-order chi connectivity index (χ1) is 12.1. The van der Waals surface area contributed by atoms with Gasteiger partial charge in [0.2, 0.25) is 5.91 Å². The normalized spacial score (nSPS) is 20.5. The van der Waals surface area contributed by atoms with Crippen LogP contribution in [-0.4, -0.2) is 21.3 Å². The van der Waals surface area contributed by atoms with E-state index in [9.17, 15) is 9.59 Å². The van der Waals surface area contributed by atoms with Crippen molar-refractivity contribution in [1.82, 2.24) is 0 Å². The number of aromatic carboxylic acids is 1. The number of nitrogens with one attached hydrogen (secondary N) is 1. The second-order valence-corrected chi connectivity index (χ2v) is 8.55. The van der Waals surface area contributed by atoms with Gasteiger partial charge in [-0.1, -0.05) is 34.8 Å². The topological polar surface area (TPSA) is 66.4 Å². The summed E-state index contributed by atoms with van der Waals surface area (Å²) >= 11 is 30.4. The van der Waals surface area contributed by atoms with Gasteiger partial charge in [-0.2, -0.15) is 0 Å². The van der Waals surface area contributed by atoms with Gasteiger partial charge in [0.25, 0.3) is 0 Å². The number of anilines is 1. The third-order valence-corrected chi connectivity index (χ3v) is 5.75. The molecule has 26 heavy (non-hydrogen) atoms. The van der Waals surface area contributed by atoms with Crippen molar-refractivity contribution in [3.63, 3.8) is 0 Å². The van der Waals surface area contributed by atoms with Gasteiger partial charge < -0.3 is 10.4 Å². The summed E-state index contributed by atoms with van der Waals surface area (Å²) in [6, 6.07) is 9.00. The van der Waals surface area contributed by atoms with Crippen LogP contribution in [0.15, 0.2) is 36.4 Å². The van der Waals surface area contributed by atoms with Crippen LogP contribution in [-0.2, 0) is 4.79 Å². The number of hydrogen-bond acceptors (Lipinski definition) is 2. The van der Waals surface area contributed by atoms with Gasteiger partial charge in [0, 0.05) is 21.7 Å². The predicted octanol–water partition coefficient (Wildman–Crippen LogP) is 5.87. The number of amides is 1. The average molecular weight is 454 g/mol. The molecule has 0 unspecified atom stereocenters. The Morgan fingerprint density at radius 3 is 2.19 bits per heavy atom. The second kappa shape index (κ2) is 7.10. The Morgan fingerprint density at radius 1 is 1.00 bits per heavy atom. The standard InChI is InChI=1S/C17H10Cl5NO3/c18-8-3-7(4-9(19)5-8)13-14(17(13,21)22)15(24)23-10-1-2-12(20)11(6-10)16(25)26/h1-6,13-14H,(H,23,24)(H,25,26)/t13-,14+/m1/s1. The quantitative estimate of drug-likeness (QED) is 0.569. The third-order valence-electron chi connectivity index (χ3n) is 4.04. The largest absolute Gasteiger partial charge is 0.478 e. The van der Waals surface area contributed by atoms with Gasteiger partial charge in [-0.3, -0.25) is 4.79 Å². The van der Waals surface area contributed by atoms with Gasteiger partial charge in [-0.15, -0.1) is 23.2 Å². The molecule has 3 rings (SSSR count). The summed E-state index contributed by atoms with van der Waals surface area (Å²) in [5.41, 5.74) is 0.798. The molecule has 136 valence electrons. The summed E-state index contributed by atoms with van der Waals surface area (Å²) in [6.45, 7) is 0. The maximum Gasteiger partial charge on any atom is 0.337 e. The van der Waals surface area contributed by atoms with Crippen molar-refractivity contribution in [3.8, 4) is 0 Å². The van der Waals surface area contributed by atoms with Crippen molar-refractivity contribution in [2.75, 3.05) is 5.32 Å². The van der Waals surface area contributed by atoms with Gasteiger partial charge >= 0.3 is 5.97 Å². The maximum absolute atomic E-state index is 12.6. The minimum atomic E-state index is -1.32. The van der Waals surface area contributed by atoms with E-state index in [-0.39, 0.29) is 16.3 Å². The van der Waals surface area contributed by atoms with Crippen LogP contribution < -0.4 is 5.32 Å². The molecule has 0 radical (unpaired) electrons. The number of halogens is 5. The molecular weight excluding hydrogens is 443 g/mol. The van der Waals surface area contributed by atoms with Crippen LogP contribution >= 0.6 is 58.0 Å². The molecule has 0 heterocycles. The summed E-state index contributed by atoms with van der Waals surface area (Å²) in [7, 11) is 0. The molecule has 1 saturated carbocycles. The minimum absolute atomic E-state index is 0.0670. The Balaban J connectivity index is 1.82. The Kier molecular flexibility index (Phi) is 5.35. The molecule has 9 heteroatoms. The number of alkyl halides is 2. The highest BCUT2D eigenvalue weighted by atomic mass is 35.5. The van der Waals surface area contributed by atoms with Crippen molar-refractivity contribution in [2.45, 2.75) is 10.3 Å². The molecule has 2 atom stereocenters. The Labute approximate surface area is 173 Å². The number of carbonyl (C=O) groups is 2. The van der Waals surface area contributed by atoms with E-state index >= 15 is 0 Å². The summed E-state index contributed by atoms with van der Waals surface area (Å²) in [5.74, 6) is -2.89. The number of rotatable bonds is 4. The van der Waals surface area contributed by atoms with E-state index in [0.29, 0.717) is 15.6 Å². The van der Waals surface area contributed by atoms with Gasteiger partial charge in [-0.05, 0) is 42.0 Å². The SMILES string of the molecule is O=C(O)c1cc(NC(=O)[C@@H]2[C@@H](c3cc(Cl)cc(Cl)c3)C2(Cl)Cl)ccc1Cl. The number of carboxylic acids is 1. The molecular formula is C17H10Cl5NO3. The van der Waals surface area contributed by atoms with Crippen molar-refractivity contribution in [2.24, 2.45) is 5.92 Å². The summed E-state index contributed by atoms with van der Waals surface area (Å²) in [6.07, 6.45) is 0. The molecule has 4 nitrogen and oxygen atoms in total. The molecule has 0 bridgehead atoms. The molecule has 2 aromatic carbocycles. The fraction of sp³-hybridized carbons (Fsp3) is 0.176. The lowest BCUT2D eigenvalue weighted by Gasteiger charge is -2.07. The Morgan fingerprint density at radius 2 is 1.62 bits per heavy atom. The van der Waals surface area contributed by atoms with Crippen molar-refractivity contribution in [3.05, 3.63) is 62.6 Å². The van der Waals surface area contributed by atoms with Gasteiger partial charge in [-0.25, -0.2) is 4.79 Å². The highest BCUT2D eigenvalue weighted by Crippen LogP contribution is 2.65. The van der Waals surface area contributed by atoms with Crippen LogP contribution in [0.25, 0.3) is 0 Å². The lowest BCUT2D eigenvalue weighted by molar-refractivity contribution is -0.117. The Hall–Kier alpha value is -1.17. The highest BCUT2D eigenvalue weighted by molar-refractivity contribution is 6.53. The average Bonchev–Trinajstić information content (AvgIpc) is 3.10. The zero-order valence-electron chi connectivity index (χ0n) is 12.8. The van der Waals surface area contributed by atoms with Gasteiger partial charge in [0.1, 0.15) is 4.33 Å².